The first-order chi connectivity index (χ1) is 14.3. The molecular formula is C22H19I2NO4S. The summed E-state index contributed by atoms with van der Waals surface area (Å²) in [5.41, 5.74) is 0.780. The Labute approximate surface area is 196 Å². The maximum absolute atomic E-state index is 13.4. The second-order valence-electron chi connectivity index (χ2n) is 9.21. The van der Waals surface area contributed by atoms with Crippen molar-refractivity contribution in [3.05, 3.63) is 63.7 Å². The third kappa shape index (κ3) is 1.80. The van der Waals surface area contributed by atoms with Crippen molar-refractivity contribution in [1.29, 1.82) is 0 Å². The zero-order chi connectivity index (χ0) is 20.6. The van der Waals surface area contributed by atoms with E-state index in [-0.39, 0.29) is 16.2 Å². The SMILES string of the molecule is Cc1ccc(S(=O)(=O)OI(NC(=O)C23C4C5C2C2C3C4C52I)c2ccccc2)cc1. The van der Waals surface area contributed by atoms with Crippen LogP contribution in [0.3, 0.4) is 0 Å². The summed E-state index contributed by atoms with van der Waals surface area (Å²) in [6.45, 7) is 1.91. The van der Waals surface area contributed by atoms with E-state index in [2.05, 4.69) is 26.1 Å². The molecule has 2 aromatic carbocycles. The van der Waals surface area contributed by atoms with Gasteiger partial charge in [-0.1, -0.05) is 0 Å². The van der Waals surface area contributed by atoms with Crippen LogP contribution in [0.4, 0.5) is 0 Å². The number of carbonyl (C=O) groups is 1. The second kappa shape index (κ2) is 5.60. The van der Waals surface area contributed by atoms with Crippen molar-refractivity contribution >= 4 is 59.1 Å². The van der Waals surface area contributed by atoms with E-state index in [4.69, 9.17) is 2.51 Å². The number of halogens is 2. The molecule has 8 heteroatoms. The summed E-state index contributed by atoms with van der Waals surface area (Å²) in [5, 5.41) is 0. The van der Waals surface area contributed by atoms with E-state index >= 15 is 0 Å². The Morgan fingerprint density at radius 1 is 0.967 bits per heavy atom. The zero-order valence-electron chi connectivity index (χ0n) is 16.0. The van der Waals surface area contributed by atoms with Crippen molar-refractivity contribution in [3.8, 4) is 0 Å². The molecule has 156 valence electrons. The molecule has 30 heavy (non-hydrogen) atoms. The van der Waals surface area contributed by atoms with Crippen LogP contribution in [-0.2, 0) is 17.4 Å². The normalized spacial score (nSPS) is 43.1. The molecule has 8 rings (SSSR count). The quantitative estimate of drug-likeness (QED) is 0.293. The fourth-order valence-corrected chi connectivity index (χ4v) is 15.8. The number of rotatable bonds is 6. The van der Waals surface area contributed by atoms with Crippen molar-refractivity contribution < 1.29 is 15.7 Å². The molecule has 0 atom stereocenters. The van der Waals surface area contributed by atoms with Crippen molar-refractivity contribution in [1.82, 2.24) is 3.53 Å². The molecule has 0 unspecified atom stereocenters. The molecule has 6 aliphatic rings. The monoisotopic (exact) mass is 647 g/mol. The summed E-state index contributed by atoms with van der Waals surface area (Å²) < 4.78 is 36.1. The zero-order valence-corrected chi connectivity index (χ0v) is 21.1. The average molecular weight is 647 g/mol. The van der Waals surface area contributed by atoms with E-state index in [1.54, 1.807) is 24.3 Å². The predicted octanol–water partition coefficient (Wildman–Crippen LogP) is 3.95. The second-order valence-corrected chi connectivity index (χ2v) is 16.9. The summed E-state index contributed by atoms with van der Waals surface area (Å²) in [7, 11) is -3.96. The van der Waals surface area contributed by atoms with Crippen molar-refractivity contribution in [2.45, 2.75) is 15.2 Å². The van der Waals surface area contributed by atoms with E-state index < -0.39 is 30.6 Å². The van der Waals surface area contributed by atoms with Gasteiger partial charge >= 0.3 is 198 Å². The van der Waals surface area contributed by atoms with Gasteiger partial charge in [0.2, 0.25) is 0 Å². The van der Waals surface area contributed by atoms with Crippen LogP contribution in [0.1, 0.15) is 5.56 Å². The maximum atomic E-state index is 13.4. The number of carbonyl (C=O) groups excluding carboxylic acids is 1. The fourth-order valence-electron chi connectivity index (χ4n) is 7.47. The summed E-state index contributed by atoms with van der Waals surface area (Å²) in [6.07, 6.45) is 0. The molecule has 0 heterocycles. The molecular weight excluding hydrogens is 628 g/mol. The molecule has 0 aliphatic heterocycles. The molecule has 1 N–H and O–H groups in total. The molecule has 6 aliphatic carbocycles. The molecule has 2 aromatic rings. The van der Waals surface area contributed by atoms with E-state index in [0.29, 0.717) is 21.2 Å². The van der Waals surface area contributed by atoms with Gasteiger partial charge in [-0.05, 0) is 0 Å². The summed E-state index contributed by atoms with van der Waals surface area (Å²) in [5.74, 6) is 3.88. The van der Waals surface area contributed by atoms with Crippen LogP contribution in [0, 0.1) is 51.4 Å². The van der Waals surface area contributed by atoms with E-state index in [9.17, 15) is 13.2 Å². The van der Waals surface area contributed by atoms with Gasteiger partial charge in [-0.2, -0.15) is 0 Å². The van der Waals surface area contributed by atoms with Gasteiger partial charge in [-0.15, -0.1) is 0 Å². The molecule has 6 fully saturated rings. The molecule has 6 saturated carbocycles. The van der Waals surface area contributed by atoms with Crippen LogP contribution in [0.25, 0.3) is 0 Å². The van der Waals surface area contributed by atoms with Gasteiger partial charge < -0.3 is 0 Å². The van der Waals surface area contributed by atoms with Gasteiger partial charge in [-0.25, -0.2) is 0 Å². The molecule has 0 radical (unpaired) electrons. The molecule has 1 amide bonds. The average Bonchev–Trinajstić information content (AvgIpc) is 2.74. The summed E-state index contributed by atoms with van der Waals surface area (Å²) in [6, 6.07) is 15.9. The predicted molar refractivity (Wildman–Crippen MR) is 127 cm³/mol. The Morgan fingerprint density at radius 2 is 1.53 bits per heavy atom. The van der Waals surface area contributed by atoms with Gasteiger partial charge in [0.1, 0.15) is 0 Å². The van der Waals surface area contributed by atoms with Gasteiger partial charge in [0.15, 0.2) is 0 Å². The Morgan fingerprint density at radius 3 is 2.10 bits per heavy atom. The minimum absolute atomic E-state index is 0.0533. The Balaban J connectivity index is 1.17. The number of hydrogen-bond donors (Lipinski definition) is 1. The topological polar surface area (TPSA) is 72.5 Å². The van der Waals surface area contributed by atoms with Crippen molar-refractivity contribution in [2.75, 3.05) is 0 Å². The molecule has 0 bridgehead atoms. The van der Waals surface area contributed by atoms with E-state index in [0.717, 1.165) is 26.9 Å². The van der Waals surface area contributed by atoms with Gasteiger partial charge in [0.25, 0.3) is 0 Å². The van der Waals surface area contributed by atoms with Crippen molar-refractivity contribution in [2.24, 2.45) is 40.9 Å². The Bertz CT molecular complexity index is 1160. The third-order valence-corrected chi connectivity index (χ3v) is 17.1. The number of aryl methyl sites for hydroxylation is 1. The molecule has 0 aromatic heterocycles. The standard InChI is InChI=1S/C22H19I2NO4S/c1-11-7-9-13(10-8-11)30(27,28)29-24(12-5-3-2-4-6-12)25-20(26)21-14-17-15(21)19-16(21)18(14)22(17,19)23/h2-10,14-19H,1H3,(H,25,26). The van der Waals surface area contributed by atoms with Crippen LogP contribution in [0.5, 0.6) is 0 Å². The van der Waals surface area contributed by atoms with Gasteiger partial charge in [-0.3, -0.25) is 0 Å². The Kier molecular flexibility index (Phi) is 3.51. The summed E-state index contributed by atoms with van der Waals surface area (Å²) in [4.78, 5) is 13.6. The summed E-state index contributed by atoms with van der Waals surface area (Å²) >= 11 is -0.316. The molecule has 0 spiro atoms. The number of hydrogen-bond acceptors (Lipinski definition) is 4. The first-order valence-electron chi connectivity index (χ1n) is 10.1. The van der Waals surface area contributed by atoms with Crippen LogP contribution in [0.15, 0.2) is 59.5 Å². The van der Waals surface area contributed by atoms with Gasteiger partial charge in [0.05, 0.1) is 0 Å². The van der Waals surface area contributed by atoms with E-state index in [1.807, 2.05) is 37.3 Å². The van der Waals surface area contributed by atoms with Crippen LogP contribution in [0.2, 0.25) is 0 Å². The minimum atomic E-state index is -3.96. The van der Waals surface area contributed by atoms with Crippen molar-refractivity contribution in [3.63, 3.8) is 0 Å². The van der Waals surface area contributed by atoms with E-state index in [1.165, 1.54) is 0 Å². The number of alkyl halides is 1. The molecule has 5 nitrogen and oxygen atoms in total. The van der Waals surface area contributed by atoms with Crippen LogP contribution in [-0.4, -0.2) is 17.7 Å². The number of amides is 1. The third-order valence-electron chi connectivity index (χ3n) is 8.46. The van der Waals surface area contributed by atoms with Crippen LogP contribution >= 0.6 is 43.1 Å². The van der Waals surface area contributed by atoms with Gasteiger partial charge in [0, 0.05) is 0 Å². The first kappa shape index (κ1) is 18.8. The number of nitrogens with one attached hydrogen (secondary N) is 1. The van der Waals surface area contributed by atoms with Crippen LogP contribution < -0.4 is 3.53 Å². The Hall–Kier alpha value is -0.720. The number of benzene rings is 2. The fraction of sp³-hybridized carbons (Fsp3) is 0.409. The first-order valence-corrected chi connectivity index (χ1v) is 15.6. The molecule has 0 saturated heterocycles.